The molecule has 8 rings (SSSR count). The van der Waals surface area contributed by atoms with E-state index < -0.39 is 64.5 Å². The summed E-state index contributed by atoms with van der Waals surface area (Å²) in [6, 6.07) is 10.1. The largest absolute Gasteiger partial charge is 0.477 e. The van der Waals surface area contributed by atoms with Crippen LogP contribution in [0.25, 0.3) is 10.9 Å². The maximum absolute atomic E-state index is 15.5. The van der Waals surface area contributed by atoms with E-state index in [0.717, 1.165) is 19.2 Å². The fraction of sp³-hybridized carbons (Fsp3) is 0.590. The number of nitrogens with zero attached hydrogens (tertiary/aromatic N) is 3. The molecule has 3 aliphatic carbocycles. The summed E-state index contributed by atoms with van der Waals surface area (Å²) >= 11 is 0. The highest BCUT2D eigenvalue weighted by atomic mass is 19.1. The van der Waals surface area contributed by atoms with Crippen molar-refractivity contribution in [3.63, 3.8) is 0 Å². The van der Waals surface area contributed by atoms with Crippen LogP contribution >= 0.6 is 0 Å². The number of hydrogen-bond acceptors (Lipinski definition) is 6. The molecule has 3 aromatic rings. The molecule has 5 aliphatic rings. The third-order valence-electron chi connectivity index (χ3n) is 13.0. The molecule has 0 bridgehead atoms. The van der Waals surface area contributed by atoms with Gasteiger partial charge in [0.1, 0.15) is 24.1 Å². The summed E-state index contributed by atoms with van der Waals surface area (Å²) in [6.45, 7) is 7.71. The molecule has 1 aromatic heterocycles. The standard InChI is InChI=1S/C22H25F3N4O3.C17H24FN/c1-9-18-15(20(30)10(21(31)32)6-29(18)14-5-12(14)23)17(26)16(25)19(9)28-7-11(13(24)8-28)22(27)3-2-4-22;1-13(14-7-4-3-5-8-14)19-11-15(16(18)12-19)17(2)9-6-10-17/h6,11-14H,2-5,7-8,26-27H2,1H3,(H,31,32);3-5,7-8,13,15-16H,6,9-12H2,1-2H3/t11-,12?,13?,14?;13-,15-,16+/m00/s1. The number of carboxylic acid groups (broad SMARTS) is 1. The zero-order chi connectivity index (χ0) is 36.6. The van der Waals surface area contributed by atoms with Crippen LogP contribution in [0.5, 0.6) is 0 Å². The van der Waals surface area contributed by atoms with Gasteiger partial charge in [0.2, 0.25) is 5.43 Å². The predicted octanol–water partition coefficient (Wildman–Crippen LogP) is 6.88. The first kappa shape index (κ1) is 35.7. The van der Waals surface area contributed by atoms with Crippen LogP contribution in [-0.2, 0) is 0 Å². The minimum absolute atomic E-state index is 0.0513. The van der Waals surface area contributed by atoms with Gasteiger partial charge in [-0.25, -0.2) is 22.4 Å². The molecule has 51 heavy (non-hydrogen) atoms. The molecule has 2 saturated heterocycles. The van der Waals surface area contributed by atoms with E-state index in [1.807, 2.05) is 6.07 Å². The fourth-order valence-corrected chi connectivity index (χ4v) is 9.27. The van der Waals surface area contributed by atoms with Crippen LogP contribution in [-0.4, -0.2) is 70.8 Å². The van der Waals surface area contributed by atoms with E-state index in [0.29, 0.717) is 31.0 Å². The molecule has 3 heterocycles. The predicted molar refractivity (Wildman–Crippen MR) is 191 cm³/mol. The number of nitrogen functional groups attached to an aromatic ring is 1. The molecule has 0 radical (unpaired) electrons. The Kier molecular flexibility index (Phi) is 9.18. The molecule has 8 nitrogen and oxygen atoms in total. The van der Waals surface area contributed by atoms with Gasteiger partial charge in [-0.15, -0.1) is 0 Å². The average Bonchev–Trinajstić information content (AvgIpc) is 3.47. The molecule has 0 spiro atoms. The highest BCUT2D eigenvalue weighted by molar-refractivity contribution is 6.01. The third-order valence-corrected chi connectivity index (χ3v) is 13.0. The van der Waals surface area contributed by atoms with Crippen molar-refractivity contribution < 1.29 is 27.5 Å². The summed E-state index contributed by atoms with van der Waals surface area (Å²) in [6.07, 6.45) is 4.22. The smallest absolute Gasteiger partial charge is 0.341 e. The summed E-state index contributed by atoms with van der Waals surface area (Å²) in [5.41, 5.74) is 11.8. The van der Waals surface area contributed by atoms with Crippen molar-refractivity contribution in [3.8, 4) is 0 Å². The second-order valence-corrected chi connectivity index (χ2v) is 16.1. The van der Waals surface area contributed by atoms with Gasteiger partial charge < -0.3 is 26.0 Å². The normalized spacial score (nSPS) is 29.9. The highest BCUT2D eigenvalue weighted by Crippen LogP contribution is 2.51. The Labute approximate surface area is 295 Å². The molecule has 2 aromatic carbocycles. The molecule has 0 amide bonds. The quantitative estimate of drug-likeness (QED) is 0.181. The van der Waals surface area contributed by atoms with Crippen molar-refractivity contribution in [1.82, 2.24) is 9.47 Å². The van der Waals surface area contributed by atoms with Crippen LogP contribution in [0.1, 0.15) is 92.4 Å². The third kappa shape index (κ3) is 6.09. The van der Waals surface area contributed by atoms with E-state index in [4.69, 9.17) is 11.5 Å². The van der Waals surface area contributed by atoms with Crippen molar-refractivity contribution in [3.05, 3.63) is 69.3 Å². The van der Waals surface area contributed by atoms with E-state index in [9.17, 15) is 27.9 Å². The summed E-state index contributed by atoms with van der Waals surface area (Å²) in [5, 5.41) is 9.15. The van der Waals surface area contributed by atoms with Gasteiger partial charge in [-0.3, -0.25) is 9.69 Å². The number of aryl methyl sites for hydroxylation is 1. The first-order chi connectivity index (χ1) is 24.1. The highest BCUT2D eigenvalue weighted by Gasteiger charge is 2.51. The molecule has 12 heteroatoms. The number of aromatic carboxylic acids is 1. The minimum atomic E-state index is -1.50. The zero-order valence-corrected chi connectivity index (χ0v) is 29.6. The Hall–Kier alpha value is -3.64. The van der Waals surface area contributed by atoms with Crippen LogP contribution in [0, 0.1) is 30.0 Å². The summed E-state index contributed by atoms with van der Waals surface area (Å²) in [7, 11) is 0. The maximum atomic E-state index is 15.5. The maximum Gasteiger partial charge on any atom is 0.341 e. The van der Waals surface area contributed by atoms with Crippen LogP contribution in [0.3, 0.4) is 0 Å². The summed E-state index contributed by atoms with van der Waals surface area (Å²) in [5.74, 6) is -2.62. The number of likely N-dealkylation sites (tertiary alicyclic amines) is 1. The number of alkyl halides is 3. The molecule has 3 unspecified atom stereocenters. The number of carbonyl (C=O) groups is 1. The molecular formula is C39H49F4N5O3. The number of pyridine rings is 1. The van der Waals surface area contributed by atoms with Gasteiger partial charge in [-0.05, 0) is 62.5 Å². The van der Waals surface area contributed by atoms with Crippen molar-refractivity contribution >= 4 is 28.2 Å². The molecule has 5 fully saturated rings. The van der Waals surface area contributed by atoms with Crippen LogP contribution in [0.15, 0.2) is 41.3 Å². The number of carboxylic acids is 1. The molecular weight excluding hydrogens is 662 g/mol. The SMILES string of the molecule is C[C@@H](c1ccccc1)N1C[C@@H](F)[C@@H](C2(C)CCC2)C1.Cc1c(N2CC(F)[C@@H](C3(N)CCC3)C2)c(F)c(N)c2c(=O)c(C(=O)O)cn(C3CC3F)c12. The molecule has 2 aliphatic heterocycles. The number of hydrogen-bond donors (Lipinski definition) is 3. The van der Waals surface area contributed by atoms with E-state index in [2.05, 4.69) is 43.0 Å². The Balaban J connectivity index is 0.000000182. The Morgan fingerprint density at radius 3 is 2.14 bits per heavy atom. The first-order valence-corrected chi connectivity index (χ1v) is 18.3. The Morgan fingerprint density at radius 2 is 1.59 bits per heavy atom. The lowest BCUT2D eigenvalue weighted by molar-refractivity contribution is 0.0394. The van der Waals surface area contributed by atoms with Gasteiger partial charge in [0, 0.05) is 62.2 Å². The average molecular weight is 712 g/mol. The number of aromatic nitrogens is 1. The van der Waals surface area contributed by atoms with Gasteiger partial charge in [0.05, 0.1) is 28.3 Å². The van der Waals surface area contributed by atoms with Crippen molar-refractivity contribution in [2.75, 3.05) is 36.8 Å². The van der Waals surface area contributed by atoms with Gasteiger partial charge in [-0.1, -0.05) is 43.7 Å². The monoisotopic (exact) mass is 711 g/mol. The van der Waals surface area contributed by atoms with E-state index in [1.165, 1.54) is 29.4 Å². The molecule has 276 valence electrons. The van der Waals surface area contributed by atoms with Crippen LogP contribution < -0.4 is 21.8 Å². The minimum Gasteiger partial charge on any atom is -0.477 e. The van der Waals surface area contributed by atoms with Crippen LogP contribution in [0.2, 0.25) is 0 Å². The first-order valence-electron chi connectivity index (χ1n) is 18.3. The van der Waals surface area contributed by atoms with Crippen LogP contribution in [0.4, 0.5) is 28.9 Å². The zero-order valence-electron chi connectivity index (χ0n) is 29.6. The lowest BCUT2D eigenvalue weighted by Gasteiger charge is -2.44. The van der Waals surface area contributed by atoms with E-state index >= 15 is 4.39 Å². The van der Waals surface area contributed by atoms with Crippen molar-refractivity contribution in [1.29, 1.82) is 0 Å². The lowest BCUT2D eigenvalue weighted by atomic mass is 9.62. The second kappa shape index (κ2) is 13.1. The Morgan fingerprint density at radius 1 is 0.961 bits per heavy atom. The second-order valence-electron chi connectivity index (χ2n) is 16.1. The van der Waals surface area contributed by atoms with Crippen molar-refractivity contribution in [2.24, 2.45) is 23.0 Å². The topological polar surface area (TPSA) is 118 Å². The van der Waals surface area contributed by atoms with Gasteiger partial charge in [-0.2, -0.15) is 0 Å². The van der Waals surface area contributed by atoms with Gasteiger partial charge in [0.15, 0.2) is 5.82 Å². The number of nitrogens with two attached hydrogens (primary N) is 2. The number of anilines is 2. The molecule has 5 N–H and O–H groups in total. The molecule has 7 atom stereocenters. The van der Waals surface area contributed by atoms with E-state index in [1.54, 1.807) is 11.8 Å². The summed E-state index contributed by atoms with van der Waals surface area (Å²) < 4.78 is 60.2. The number of benzene rings is 2. The lowest BCUT2D eigenvalue weighted by Crippen LogP contribution is -2.56. The number of rotatable bonds is 7. The van der Waals surface area contributed by atoms with Gasteiger partial charge >= 0.3 is 5.97 Å². The Bertz CT molecular complexity index is 1880. The fourth-order valence-electron chi connectivity index (χ4n) is 9.27. The van der Waals surface area contributed by atoms with E-state index in [-0.39, 0.29) is 47.4 Å². The van der Waals surface area contributed by atoms with Crippen molar-refractivity contribution in [2.45, 2.75) is 102 Å². The van der Waals surface area contributed by atoms with Gasteiger partial charge in [0.25, 0.3) is 0 Å². The summed E-state index contributed by atoms with van der Waals surface area (Å²) in [4.78, 5) is 28.3. The number of fused-ring (bicyclic) bond motifs is 1. The number of halogens is 4. The molecule has 3 saturated carbocycles.